The van der Waals surface area contributed by atoms with E-state index in [1.807, 2.05) is 6.92 Å². The number of carbonyl (C=O) groups is 3. The molecule has 1 atom stereocenters. The molecule has 1 saturated heterocycles. The fourth-order valence-corrected chi connectivity index (χ4v) is 1.82. The van der Waals surface area contributed by atoms with Crippen molar-refractivity contribution >= 4 is 17.9 Å². The smallest absolute Gasteiger partial charge is 0.350 e. The number of hydrogen-bond acceptors (Lipinski definition) is 6. The maximum Gasteiger partial charge on any atom is 0.350 e. The lowest BCUT2D eigenvalue weighted by molar-refractivity contribution is -0.199. The lowest BCUT2D eigenvalue weighted by atomic mass is 9.90. The highest BCUT2D eigenvalue weighted by Gasteiger charge is 2.43. The van der Waals surface area contributed by atoms with Crippen molar-refractivity contribution in [1.29, 1.82) is 0 Å². The minimum Gasteiger partial charge on any atom is -0.465 e. The first-order chi connectivity index (χ1) is 9.92. The molecule has 126 valence electrons. The molecule has 1 rings (SSSR count). The summed E-state index contributed by atoms with van der Waals surface area (Å²) in [7, 11) is 0. The zero-order valence-electron chi connectivity index (χ0n) is 14.3. The molecule has 0 bridgehead atoms. The van der Waals surface area contributed by atoms with Crippen molar-refractivity contribution in [3.63, 3.8) is 0 Å². The minimum atomic E-state index is -1.41. The monoisotopic (exact) mass is 314 g/mol. The van der Waals surface area contributed by atoms with E-state index in [1.165, 1.54) is 13.8 Å². The minimum absolute atomic E-state index is 0.00319. The highest BCUT2D eigenvalue weighted by Crippen LogP contribution is 2.30. The van der Waals surface area contributed by atoms with Gasteiger partial charge < -0.3 is 14.2 Å². The van der Waals surface area contributed by atoms with Gasteiger partial charge in [0.1, 0.15) is 5.60 Å². The molecule has 0 spiro atoms. The molecule has 6 heteroatoms. The molecular formula is C16H26O6. The third-order valence-electron chi connectivity index (χ3n) is 4.03. The van der Waals surface area contributed by atoms with Crippen LogP contribution >= 0.6 is 0 Å². The first-order valence-corrected chi connectivity index (χ1v) is 7.54. The fourth-order valence-electron chi connectivity index (χ4n) is 1.82. The van der Waals surface area contributed by atoms with Crippen molar-refractivity contribution in [1.82, 2.24) is 0 Å². The molecule has 0 N–H and O–H groups in total. The lowest BCUT2D eigenvalue weighted by Crippen LogP contribution is -2.48. The molecule has 1 aliphatic heterocycles. The molecule has 0 aromatic heterocycles. The van der Waals surface area contributed by atoms with E-state index < -0.39 is 34.5 Å². The highest BCUT2D eigenvalue weighted by atomic mass is 16.6. The van der Waals surface area contributed by atoms with Gasteiger partial charge in [0.05, 0.1) is 18.4 Å². The quantitative estimate of drug-likeness (QED) is 0.572. The first-order valence-electron chi connectivity index (χ1n) is 7.54. The Kier molecular flexibility index (Phi) is 5.25. The van der Waals surface area contributed by atoms with Crippen LogP contribution in [-0.4, -0.2) is 35.7 Å². The van der Waals surface area contributed by atoms with Crippen molar-refractivity contribution < 1.29 is 28.6 Å². The second kappa shape index (κ2) is 6.26. The molecule has 1 unspecified atom stereocenters. The van der Waals surface area contributed by atoms with Crippen molar-refractivity contribution in [3.8, 4) is 0 Å². The van der Waals surface area contributed by atoms with Crippen LogP contribution in [0.3, 0.4) is 0 Å². The van der Waals surface area contributed by atoms with Gasteiger partial charge >= 0.3 is 17.9 Å². The summed E-state index contributed by atoms with van der Waals surface area (Å²) in [6.45, 7) is 10.3. The Morgan fingerprint density at radius 2 is 1.82 bits per heavy atom. The Bertz CT molecular complexity index is 465. The van der Waals surface area contributed by atoms with Crippen molar-refractivity contribution in [2.75, 3.05) is 6.61 Å². The van der Waals surface area contributed by atoms with Gasteiger partial charge in [0.2, 0.25) is 5.60 Å². The standard InChI is InChI=1S/C16H26O6/c1-7-14(2,3)12(18)21-15(4,5)13(19)22-16(6)8-9-20-11(17)10-16/h7-10H2,1-6H3. The average molecular weight is 314 g/mol. The van der Waals surface area contributed by atoms with E-state index in [-0.39, 0.29) is 13.0 Å². The van der Waals surface area contributed by atoms with Crippen molar-refractivity contribution in [2.24, 2.45) is 5.41 Å². The fraction of sp³-hybridized carbons (Fsp3) is 0.812. The van der Waals surface area contributed by atoms with Crippen LogP contribution in [0.1, 0.15) is 60.8 Å². The lowest BCUT2D eigenvalue weighted by Gasteiger charge is -2.36. The van der Waals surface area contributed by atoms with Crippen LogP contribution in [-0.2, 0) is 28.6 Å². The van der Waals surface area contributed by atoms with E-state index in [0.29, 0.717) is 12.8 Å². The molecule has 0 aromatic carbocycles. The molecule has 0 radical (unpaired) electrons. The van der Waals surface area contributed by atoms with Gasteiger partial charge in [-0.2, -0.15) is 0 Å². The van der Waals surface area contributed by atoms with Crippen LogP contribution in [0.2, 0.25) is 0 Å². The Morgan fingerprint density at radius 1 is 1.23 bits per heavy atom. The molecule has 0 amide bonds. The molecule has 1 aliphatic rings. The molecular weight excluding hydrogens is 288 g/mol. The molecule has 22 heavy (non-hydrogen) atoms. The summed E-state index contributed by atoms with van der Waals surface area (Å²) in [5.41, 5.74) is -3.00. The van der Waals surface area contributed by atoms with E-state index in [9.17, 15) is 14.4 Å². The summed E-state index contributed by atoms with van der Waals surface area (Å²) in [5.74, 6) is -1.52. The third-order valence-corrected chi connectivity index (χ3v) is 4.03. The second-order valence-electron chi connectivity index (χ2n) is 7.12. The van der Waals surface area contributed by atoms with Gasteiger partial charge in [0.25, 0.3) is 0 Å². The van der Waals surface area contributed by atoms with Crippen LogP contribution in [0.25, 0.3) is 0 Å². The van der Waals surface area contributed by atoms with Crippen LogP contribution in [0, 0.1) is 5.41 Å². The highest BCUT2D eigenvalue weighted by molar-refractivity contribution is 5.85. The molecule has 6 nitrogen and oxygen atoms in total. The number of esters is 3. The summed E-state index contributed by atoms with van der Waals surface area (Å²) in [5, 5.41) is 0. The zero-order chi connectivity index (χ0) is 17.2. The normalized spacial score (nSPS) is 22.7. The number of cyclic esters (lactones) is 1. The SMILES string of the molecule is CCC(C)(C)C(=O)OC(C)(C)C(=O)OC1(C)CCOC(=O)C1. The van der Waals surface area contributed by atoms with Crippen LogP contribution < -0.4 is 0 Å². The van der Waals surface area contributed by atoms with Crippen LogP contribution in [0.5, 0.6) is 0 Å². The van der Waals surface area contributed by atoms with E-state index in [2.05, 4.69) is 0 Å². The van der Waals surface area contributed by atoms with Gasteiger partial charge in [-0.05, 0) is 41.0 Å². The molecule has 0 aliphatic carbocycles. The predicted octanol–water partition coefficient (Wildman–Crippen LogP) is 2.38. The Hall–Kier alpha value is -1.59. The largest absolute Gasteiger partial charge is 0.465 e. The predicted molar refractivity (Wildman–Crippen MR) is 78.9 cm³/mol. The number of carbonyl (C=O) groups excluding carboxylic acids is 3. The maximum absolute atomic E-state index is 12.3. The van der Waals surface area contributed by atoms with Crippen molar-refractivity contribution in [2.45, 2.75) is 72.0 Å². The molecule has 0 aromatic rings. The van der Waals surface area contributed by atoms with Gasteiger partial charge in [-0.15, -0.1) is 0 Å². The van der Waals surface area contributed by atoms with Gasteiger partial charge in [0, 0.05) is 6.42 Å². The third kappa shape index (κ3) is 4.45. The van der Waals surface area contributed by atoms with Gasteiger partial charge in [-0.1, -0.05) is 6.92 Å². The molecule has 1 fully saturated rings. The van der Waals surface area contributed by atoms with E-state index in [0.717, 1.165) is 0 Å². The first kappa shape index (κ1) is 18.5. The topological polar surface area (TPSA) is 78.9 Å². The number of ether oxygens (including phenoxy) is 3. The summed E-state index contributed by atoms with van der Waals surface area (Å²) in [6, 6.07) is 0. The Balaban J connectivity index is 2.74. The van der Waals surface area contributed by atoms with Gasteiger partial charge in [-0.25, -0.2) is 4.79 Å². The summed E-state index contributed by atoms with van der Waals surface area (Å²) in [4.78, 5) is 35.8. The summed E-state index contributed by atoms with van der Waals surface area (Å²) >= 11 is 0. The van der Waals surface area contributed by atoms with Crippen LogP contribution in [0.4, 0.5) is 0 Å². The van der Waals surface area contributed by atoms with Gasteiger partial charge in [0.15, 0.2) is 0 Å². The van der Waals surface area contributed by atoms with E-state index >= 15 is 0 Å². The summed E-state index contributed by atoms with van der Waals surface area (Å²) < 4.78 is 15.6. The van der Waals surface area contributed by atoms with Crippen LogP contribution in [0.15, 0.2) is 0 Å². The maximum atomic E-state index is 12.3. The second-order valence-corrected chi connectivity index (χ2v) is 7.12. The van der Waals surface area contributed by atoms with E-state index in [4.69, 9.17) is 14.2 Å². The zero-order valence-corrected chi connectivity index (χ0v) is 14.3. The summed E-state index contributed by atoms with van der Waals surface area (Å²) in [6.07, 6.45) is 1.03. The van der Waals surface area contributed by atoms with Crippen molar-refractivity contribution in [3.05, 3.63) is 0 Å². The number of rotatable bonds is 5. The Morgan fingerprint density at radius 3 is 2.32 bits per heavy atom. The Labute approximate surface area is 131 Å². The molecule has 0 saturated carbocycles. The van der Waals surface area contributed by atoms with Gasteiger partial charge in [-0.3, -0.25) is 9.59 Å². The average Bonchev–Trinajstić information content (AvgIpc) is 2.37. The van der Waals surface area contributed by atoms with E-state index in [1.54, 1.807) is 20.8 Å². The number of hydrogen-bond donors (Lipinski definition) is 0. The molecule has 1 heterocycles.